The van der Waals surface area contributed by atoms with E-state index in [1.807, 2.05) is 13.8 Å². The molecule has 0 radical (unpaired) electrons. The number of aromatic nitrogens is 2. The number of benzene rings is 1. The van der Waals surface area contributed by atoms with Crippen molar-refractivity contribution in [2.75, 3.05) is 5.32 Å². The van der Waals surface area contributed by atoms with Crippen LogP contribution in [0.4, 0.5) is 14.5 Å². The Labute approximate surface area is 152 Å². The number of hydrogen-bond donors (Lipinski definition) is 1. The van der Waals surface area contributed by atoms with Gasteiger partial charge < -0.3 is 9.84 Å². The standard InChI is InChI=1S/C18H15F2N3O2S/c1-10-14(11(2)25-23-10)9-26-18-13(4-3-7-21-18)17(24)22-16-6-5-12(19)8-15(16)20/h3-8H,9H2,1-2H3,(H,22,24). The van der Waals surface area contributed by atoms with Gasteiger partial charge in [-0.15, -0.1) is 11.8 Å². The van der Waals surface area contributed by atoms with Gasteiger partial charge in [0.1, 0.15) is 22.4 Å². The fourth-order valence-electron chi connectivity index (χ4n) is 2.31. The van der Waals surface area contributed by atoms with Crippen molar-refractivity contribution in [3.63, 3.8) is 0 Å². The normalized spacial score (nSPS) is 10.8. The van der Waals surface area contributed by atoms with Gasteiger partial charge in [-0.2, -0.15) is 0 Å². The molecule has 2 heterocycles. The number of thioether (sulfide) groups is 1. The highest BCUT2D eigenvalue weighted by Gasteiger charge is 2.17. The average Bonchev–Trinajstić information content (AvgIpc) is 2.94. The molecule has 0 bridgehead atoms. The lowest BCUT2D eigenvalue weighted by atomic mass is 10.2. The molecule has 0 aliphatic rings. The molecule has 1 aromatic carbocycles. The van der Waals surface area contributed by atoms with Crippen molar-refractivity contribution in [3.05, 3.63) is 70.7 Å². The molecule has 0 saturated carbocycles. The summed E-state index contributed by atoms with van der Waals surface area (Å²) in [6.45, 7) is 3.66. The van der Waals surface area contributed by atoms with Crippen LogP contribution in [0.15, 0.2) is 46.1 Å². The predicted molar refractivity (Wildman–Crippen MR) is 94.1 cm³/mol. The largest absolute Gasteiger partial charge is 0.361 e. The van der Waals surface area contributed by atoms with Gasteiger partial charge in [-0.05, 0) is 38.1 Å². The van der Waals surface area contributed by atoms with Crippen LogP contribution in [-0.4, -0.2) is 16.0 Å². The van der Waals surface area contributed by atoms with Crippen molar-refractivity contribution < 1.29 is 18.1 Å². The topological polar surface area (TPSA) is 68.0 Å². The third kappa shape index (κ3) is 3.91. The molecule has 0 saturated heterocycles. The lowest BCUT2D eigenvalue weighted by Crippen LogP contribution is -2.14. The average molecular weight is 375 g/mol. The molecular weight excluding hydrogens is 360 g/mol. The van der Waals surface area contributed by atoms with Gasteiger partial charge >= 0.3 is 0 Å². The van der Waals surface area contributed by atoms with Gasteiger partial charge in [0, 0.05) is 23.6 Å². The fourth-order valence-corrected chi connectivity index (χ4v) is 3.45. The van der Waals surface area contributed by atoms with E-state index in [0.717, 1.165) is 17.3 Å². The number of anilines is 1. The zero-order chi connectivity index (χ0) is 18.7. The van der Waals surface area contributed by atoms with E-state index in [1.54, 1.807) is 18.3 Å². The highest BCUT2D eigenvalue weighted by atomic mass is 32.2. The molecule has 1 amide bonds. The highest BCUT2D eigenvalue weighted by Crippen LogP contribution is 2.28. The van der Waals surface area contributed by atoms with E-state index in [9.17, 15) is 13.6 Å². The number of aryl methyl sites for hydroxylation is 2. The summed E-state index contributed by atoms with van der Waals surface area (Å²) in [4.78, 5) is 16.7. The first kappa shape index (κ1) is 18.1. The Balaban J connectivity index is 1.79. The molecule has 0 spiro atoms. The van der Waals surface area contributed by atoms with E-state index in [0.29, 0.717) is 28.2 Å². The van der Waals surface area contributed by atoms with Gasteiger partial charge in [-0.3, -0.25) is 4.79 Å². The Morgan fingerprint density at radius 3 is 2.77 bits per heavy atom. The van der Waals surface area contributed by atoms with E-state index in [-0.39, 0.29) is 5.69 Å². The molecule has 5 nitrogen and oxygen atoms in total. The lowest BCUT2D eigenvalue weighted by molar-refractivity contribution is 0.102. The number of hydrogen-bond acceptors (Lipinski definition) is 5. The Morgan fingerprint density at radius 2 is 2.08 bits per heavy atom. The van der Waals surface area contributed by atoms with Gasteiger partial charge in [-0.1, -0.05) is 5.16 Å². The first-order valence-electron chi connectivity index (χ1n) is 7.71. The summed E-state index contributed by atoms with van der Waals surface area (Å²) >= 11 is 1.35. The molecular formula is C18H15F2N3O2S. The minimum atomic E-state index is -0.841. The number of nitrogens with zero attached hydrogens (tertiary/aromatic N) is 2. The smallest absolute Gasteiger partial charge is 0.258 e. The van der Waals surface area contributed by atoms with Crippen LogP contribution in [0.1, 0.15) is 27.4 Å². The van der Waals surface area contributed by atoms with E-state index in [1.165, 1.54) is 17.8 Å². The van der Waals surface area contributed by atoms with Crippen LogP contribution in [0.2, 0.25) is 0 Å². The summed E-state index contributed by atoms with van der Waals surface area (Å²) in [6, 6.07) is 6.19. The molecule has 26 heavy (non-hydrogen) atoms. The van der Waals surface area contributed by atoms with Gasteiger partial charge in [0.15, 0.2) is 0 Å². The van der Waals surface area contributed by atoms with Crippen molar-refractivity contribution in [2.24, 2.45) is 0 Å². The van der Waals surface area contributed by atoms with Crippen LogP contribution in [0.3, 0.4) is 0 Å². The number of amides is 1. The minimum absolute atomic E-state index is 0.0954. The molecule has 0 fully saturated rings. The Kier molecular flexibility index (Phi) is 5.32. The SMILES string of the molecule is Cc1noc(C)c1CSc1ncccc1C(=O)Nc1ccc(F)cc1F. The van der Waals surface area contributed by atoms with Crippen LogP contribution in [0.25, 0.3) is 0 Å². The zero-order valence-corrected chi connectivity index (χ0v) is 14.9. The van der Waals surface area contributed by atoms with Crippen LogP contribution in [0, 0.1) is 25.5 Å². The maximum Gasteiger partial charge on any atom is 0.258 e. The van der Waals surface area contributed by atoms with Gasteiger partial charge in [0.05, 0.1) is 16.9 Å². The summed E-state index contributed by atoms with van der Waals surface area (Å²) in [5.41, 5.74) is 1.93. The van der Waals surface area contributed by atoms with Gasteiger partial charge in [0.25, 0.3) is 5.91 Å². The second-order valence-electron chi connectivity index (χ2n) is 5.53. The van der Waals surface area contributed by atoms with Crippen molar-refractivity contribution >= 4 is 23.4 Å². The second kappa shape index (κ2) is 7.65. The molecule has 0 aliphatic heterocycles. The number of halogens is 2. The van der Waals surface area contributed by atoms with Crippen LogP contribution >= 0.6 is 11.8 Å². The third-order valence-electron chi connectivity index (χ3n) is 3.73. The van der Waals surface area contributed by atoms with Crippen molar-refractivity contribution in [3.8, 4) is 0 Å². The van der Waals surface area contributed by atoms with Crippen molar-refractivity contribution in [1.29, 1.82) is 0 Å². The molecule has 134 valence electrons. The Morgan fingerprint density at radius 1 is 1.27 bits per heavy atom. The predicted octanol–water partition coefficient (Wildman–Crippen LogP) is 4.51. The number of nitrogens with one attached hydrogen (secondary N) is 1. The molecule has 2 aromatic heterocycles. The molecule has 8 heteroatoms. The lowest BCUT2D eigenvalue weighted by Gasteiger charge is -2.10. The maximum absolute atomic E-state index is 13.8. The molecule has 1 N–H and O–H groups in total. The first-order valence-corrected chi connectivity index (χ1v) is 8.70. The quantitative estimate of drug-likeness (QED) is 0.665. The van der Waals surface area contributed by atoms with Gasteiger partial charge in [-0.25, -0.2) is 13.8 Å². The summed E-state index contributed by atoms with van der Waals surface area (Å²) < 4.78 is 31.9. The van der Waals surface area contributed by atoms with E-state index in [4.69, 9.17) is 4.52 Å². The summed E-state index contributed by atoms with van der Waals surface area (Å²) in [5, 5.41) is 6.84. The van der Waals surface area contributed by atoms with Crippen molar-refractivity contribution in [1.82, 2.24) is 10.1 Å². The maximum atomic E-state index is 13.8. The molecule has 3 aromatic rings. The zero-order valence-electron chi connectivity index (χ0n) is 14.0. The van der Waals surface area contributed by atoms with Crippen LogP contribution < -0.4 is 5.32 Å². The van der Waals surface area contributed by atoms with Crippen LogP contribution in [0.5, 0.6) is 0 Å². The summed E-state index contributed by atoms with van der Waals surface area (Å²) in [6.07, 6.45) is 1.57. The van der Waals surface area contributed by atoms with E-state index < -0.39 is 17.5 Å². The monoisotopic (exact) mass is 375 g/mol. The molecule has 3 rings (SSSR count). The van der Waals surface area contributed by atoms with Crippen LogP contribution in [-0.2, 0) is 5.75 Å². The van der Waals surface area contributed by atoms with E-state index in [2.05, 4.69) is 15.5 Å². The van der Waals surface area contributed by atoms with Crippen molar-refractivity contribution in [2.45, 2.75) is 24.6 Å². The summed E-state index contributed by atoms with van der Waals surface area (Å²) in [5.74, 6) is -0.830. The van der Waals surface area contributed by atoms with E-state index >= 15 is 0 Å². The molecule has 0 atom stereocenters. The van der Waals surface area contributed by atoms with Gasteiger partial charge in [0.2, 0.25) is 0 Å². The third-order valence-corrected chi connectivity index (χ3v) is 4.76. The number of pyridine rings is 1. The fraction of sp³-hybridized carbons (Fsp3) is 0.167. The number of rotatable bonds is 5. The first-order chi connectivity index (χ1) is 12.5. The Bertz CT molecular complexity index is 940. The minimum Gasteiger partial charge on any atom is -0.361 e. The molecule has 0 unspecified atom stereocenters. The highest BCUT2D eigenvalue weighted by molar-refractivity contribution is 7.98. The number of carbonyl (C=O) groups is 1. The summed E-state index contributed by atoms with van der Waals surface area (Å²) in [7, 11) is 0. The second-order valence-corrected chi connectivity index (χ2v) is 6.49. The Hall–Kier alpha value is -2.74. The molecule has 0 aliphatic carbocycles. The number of carbonyl (C=O) groups excluding carboxylic acids is 1.